The summed E-state index contributed by atoms with van der Waals surface area (Å²) in [6.45, 7) is 24.2. The predicted molar refractivity (Wildman–Crippen MR) is 347 cm³/mol. The van der Waals surface area contributed by atoms with Crippen molar-refractivity contribution in [2.45, 2.75) is 140 Å². The monoisotopic (exact) mass is 1300 g/mol. The minimum Gasteiger partial charge on any atom is -0.494 e. The van der Waals surface area contributed by atoms with E-state index in [-0.39, 0.29) is 86.8 Å². The van der Waals surface area contributed by atoms with E-state index in [0.717, 1.165) is 29.7 Å². The van der Waals surface area contributed by atoms with Gasteiger partial charge in [-0.3, -0.25) is 14.4 Å². The van der Waals surface area contributed by atoms with Crippen molar-refractivity contribution in [1.29, 1.82) is 0 Å². The van der Waals surface area contributed by atoms with Crippen molar-refractivity contribution in [3.63, 3.8) is 0 Å². The van der Waals surface area contributed by atoms with E-state index in [1.165, 1.54) is 108 Å². The second-order valence-electron chi connectivity index (χ2n) is 21.3. The largest absolute Gasteiger partial charge is 0.494 e. The Morgan fingerprint density at radius 1 is 0.452 bits per heavy atom. The van der Waals surface area contributed by atoms with E-state index in [2.05, 4.69) is 59.1 Å². The maximum absolute atomic E-state index is 12.0. The molecule has 25 nitrogen and oxygen atoms in total. The number of methoxy groups -OCH3 is 10. The van der Waals surface area contributed by atoms with Crippen LogP contribution in [0.5, 0.6) is 28.7 Å². The molecule has 0 aliphatic carbocycles. The number of carbonyl (C=O) groups is 8. The molecule has 5 aromatic heterocycles. The molecule has 0 radical (unpaired) electrons. The number of H-pyrrole nitrogens is 1. The highest BCUT2D eigenvalue weighted by Gasteiger charge is 2.26. The lowest BCUT2D eigenvalue weighted by molar-refractivity contribution is -0.119. The molecule has 0 fully saturated rings. The number of aromatic amines is 1. The SMILES string of the molecule is C/C=C(\C)CC(C)c1cc(=O)c(OC)c(C(=O)OC)[nH]1.C/C=C(\C)CC(C)c1cc(C)c(OC)c(C(=O)OC)n1.COC(=O)c1nc(C(C)CC(C)=O)cc(C)c1OC.COC(=O)c1nc(C(O)CC(C)=O)cc(C)c1OC.COC(=O)c1nc(C=O)cc(C)c1OC. The summed E-state index contributed by atoms with van der Waals surface area (Å²) >= 11 is 0. The molecule has 0 aromatic carbocycles. The van der Waals surface area contributed by atoms with Crippen LogP contribution in [0.2, 0.25) is 0 Å². The highest BCUT2D eigenvalue weighted by Crippen LogP contribution is 2.32. The summed E-state index contributed by atoms with van der Waals surface area (Å²) in [5.74, 6) is -1.22. The highest BCUT2D eigenvalue weighted by molar-refractivity contribution is 5.93. The summed E-state index contributed by atoms with van der Waals surface area (Å²) in [5.41, 5.74) is 8.31. The molecule has 0 amide bonds. The van der Waals surface area contributed by atoms with Gasteiger partial charge in [-0.2, -0.15) is 0 Å². The zero-order chi connectivity index (χ0) is 71.1. The number of aldehydes is 1. The number of nitrogens with one attached hydrogen (secondary N) is 1. The Morgan fingerprint density at radius 3 is 1.11 bits per heavy atom. The van der Waals surface area contributed by atoms with Crippen LogP contribution in [0.1, 0.15) is 220 Å². The van der Waals surface area contributed by atoms with Crippen LogP contribution >= 0.6 is 0 Å². The Balaban J connectivity index is 0.000000583. The average Bonchev–Trinajstić information content (AvgIpc) is 1.00. The molecule has 2 N–H and O–H groups in total. The van der Waals surface area contributed by atoms with Crippen LogP contribution < -0.4 is 29.1 Å². The van der Waals surface area contributed by atoms with Crippen LogP contribution in [-0.2, 0) is 33.3 Å². The van der Waals surface area contributed by atoms with E-state index in [9.17, 15) is 48.3 Å². The molecular weight excluding hydrogens is 1210 g/mol. The fourth-order valence-electron chi connectivity index (χ4n) is 9.06. The second kappa shape index (κ2) is 40.3. The first-order chi connectivity index (χ1) is 43.8. The quantitative estimate of drug-likeness (QED) is 0.0265. The first-order valence-corrected chi connectivity index (χ1v) is 29.1. The highest BCUT2D eigenvalue weighted by atomic mass is 16.5. The number of aromatic nitrogens is 5. The van der Waals surface area contributed by atoms with Gasteiger partial charge in [-0.1, -0.05) is 44.1 Å². The van der Waals surface area contributed by atoms with E-state index in [1.807, 2.05) is 66.7 Å². The number of allylic oxidation sites excluding steroid dienone is 4. The summed E-state index contributed by atoms with van der Waals surface area (Å²) < 4.78 is 48.9. The number of aliphatic hydroxyl groups is 1. The van der Waals surface area contributed by atoms with Crippen molar-refractivity contribution in [1.82, 2.24) is 24.9 Å². The lowest BCUT2D eigenvalue weighted by Crippen LogP contribution is -2.17. The van der Waals surface area contributed by atoms with Gasteiger partial charge >= 0.3 is 29.8 Å². The number of aryl methyl sites for hydroxylation is 4. The summed E-state index contributed by atoms with van der Waals surface area (Å²) in [7, 11) is 13.6. The van der Waals surface area contributed by atoms with Gasteiger partial charge < -0.3 is 62.3 Å². The molecule has 5 rings (SSSR count). The normalized spacial score (nSPS) is 12.0. The Hall–Kier alpha value is -9.65. The maximum Gasteiger partial charge on any atom is 0.360 e. The molecule has 0 aliphatic rings. The number of esters is 5. The topological polar surface area (TPSA) is 334 Å². The Bertz CT molecular complexity index is 3460. The van der Waals surface area contributed by atoms with Gasteiger partial charge in [-0.25, -0.2) is 43.9 Å². The van der Waals surface area contributed by atoms with Gasteiger partial charge in [0.1, 0.15) is 23.4 Å². The fourth-order valence-corrected chi connectivity index (χ4v) is 9.06. The minimum absolute atomic E-state index is 0.0115. The fraction of sp³-hybridized carbons (Fsp3) is 0.456. The molecule has 93 heavy (non-hydrogen) atoms. The maximum atomic E-state index is 12.0. The molecule has 0 saturated heterocycles. The van der Waals surface area contributed by atoms with Crippen molar-refractivity contribution in [2.24, 2.45) is 0 Å². The number of ether oxygens (including phenoxy) is 10. The van der Waals surface area contributed by atoms with Crippen LogP contribution in [0.25, 0.3) is 0 Å². The van der Waals surface area contributed by atoms with Gasteiger partial charge in [0, 0.05) is 53.7 Å². The van der Waals surface area contributed by atoms with Crippen LogP contribution in [0.3, 0.4) is 0 Å². The van der Waals surface area contributed by atoms with Gasteiger partial charge in [-0.15, -0.1) is 0 Å². The molecular formula is C68H91N5O20. The molecule has 0 bridgehead atoms. The van der Waals surface area contributed by atoms with Crippen LogP contribution in [-0.4, -0.2) is 149 Å². The molecule has 508 valence electrons. The number of hydrogen-bond acceptors (Lipinski definition) is 24. The molecule has 4 atom stereocenters. The first kappa shape index (κ1) is 81.4. The number of ketones is 2. The van der Waals surface area contributed by atoms with Crippen LogP contribution in [0.4, 0.5) is 0 Å². The van der Waals surface area contributed by atoms with Gasteiger partial charge in [-0.05, 0) is 129 Å². The van der Waals surface area contributed by atoms with Crippen molar-refractivity contribution in [3.8, 4) is 28.7 Å². The van der Waals surface area contributed by atoms with Crippen molar-refractivity contribution >= 4 is 47.7 Å². The van der Waals surface area contributed by atoms with Crippen molar-refractivity contribution in [3.05, 3.63) is 143 Å². The Morgan fingerprint density at radius 2 is 0.774 bits per heavy atom. The molecule has 0 spiro atoms. The molecule has 0 aliphatic heterocycles. The number of rotatable bonds is 23. The average molecular weight is 1300 g/mol. The molecule has 4 unspecified atom stereocenters. The Kier molecular flexibility index (Phi) is 35.2. The number of aliphatic hydroxyl groups excluding tert-OH is 1. The number of pyridine rings is 5. The van der Waals surface area contributed by atoms with Crippen molar-refractivity contribution < 1.29 is 90.8 Å². The summed E-state index contributed by atoms with van der Waals surface area (Å²) in [5, 5.41) is 9.88. The molecule has 25 heteroatoms. The van der Waals surface area contributed by atoms with Crippen molar-refractivity contribution in [2.75, 3.05) is 71.1 Å². The van der Waals surface area contributed by atoms with E-state index in [1.54, 1.807) is 19.9 Å². The van der Waals surface area contributed by atoms with E-state index >= 15 is 0 Å². The first-order valence-electron chi connectivity index (χ1n) is 29.1. The molecule has 5 heterocycles. The number of Topliss-reactive ketones (excluding diaryl/α,β-unsaturated/α-hetero) is 2. The van der Waals surface area contributed by atoms with Crippen LogP contribution in [0.15, 0.2) is 58.4 Å². The van der Waals surface area contributed by atoms with Gasteiger partial charge in [0.15, 0.2) is 63.5 Å². The van der Waals surface area contributed by atoms with Crippen LogP contribution in [0, 0.1) is 27.7 Å². The second-order valence-corrected chi connectivity index (χ2v) is 21.3. The standard InChI is InChI=1S/C16H23NO3.C15H21NO4.C14H19NO4.C13H17NO5.C10H11NO4/c1-7-10(2)8-11(3)13-9-12(4)15(19-5)14(17-13)16(18)20-6;1-6-9(2)7-10(3)11-8-12(17)14(19-4)13(16-11)15(18)20-5;1-8(6-10(3)16)11-7-9(2)13(18-4)12(15-11)14(17)19-5;1-7-5-9(10(16)6-8(2)15)14-11(12(7)18-3)13(17)19-4;1-6-4-7(5-12)11-8(9(6)14-2)10(13)15-3/h7,9,11H,8H2,1-6H3;6,8,10H,7H2,1-5H3,(H,16,17);7-8H,6H2,1-5H3;5,10,16H,6H2,1-4H3;4-5H,1-3H3/b10-7+;9-6+;;;. The lowest BCUT2D eigenvalue weighted by atomic mass is 9.96. The third-order valence-corrected chi connectivity index (χ3v) is 14.0. The van der Waals surface area contributed by atoms with E-state index in [0.29, 0.717) is 58.2 Å². The van der Waals surface area contributed by atoms with E-state index in [4.69, 9.17) is 33.2 Å². The van der Waals surface area contributed by atoms with Gasteiger partial charge in [0.2, 0.25) is 5.43 Å². The smallest absolute Gasteiger partial charge is 0.360 e. The third kappa shape index (κ3) is 24.2. The predicted octanol–water partition coefficient (Wildman–Crippen LogP) is 10.7. The molecule has 5 aromatic rings. The lowest BCUT2D eigenvalue weighted by Gasteiger charge is -2.16. The summed E-state index contributed by atoms with van der Waals surface area (Å²) in [6.07, 6.45) is 5.69. The zero-order valence-corrected chi connectivity index (χ0v) is 57.7. The third-order valence-electron chi connectivity index (χ3n) is 14.0. The number of nitrogens with zero attached hydrogens (tertiary/aromatic N) is 4. The minimum atomic E-state index is -1.05. The van der Waals surface area contributed by atoms with E-state index < -0.39 is 36.0 Å². The Labute approximate surface area is 543 Å². The summed E-state index contributed by atoms with van der Waals surface area (Å²) in [4.78, 5) is 122. The number of carbonyl (C=O) groups excluding carboxylic acids is 8. The molecule has 0 saturated carbocycles. The zero-order valence-electron chi connectivity index (χ0n) is 57.7. The summed E-state index contributed by atoms with van der Waals surface area (Å²) in [6, 6.07) is 8.40. The number of hydrogen-bond donors (Lipinski definition) is 2. The van der Waals surface area contributed by atoms with Gasteiger partial charge in [0.25, 0.3) is 0 Å². The van der Waals surface area contributed by atoms with Gasteiger partial charge in [0.05, 0.1) is 76.8 Å².